The van der Waals surface area contributed by atoms with E-state index in [0.717, 1.165) is 36.3 Å². The van der Waals surface area contributed by atoms with Crippen molar-refractivity contribution in [3.63, 3.8) is 0 Å². The Labute approximate surface area is 173 Å². The van der Waals surface area contributed by atoms with Gasteiger partial charge < -0.3 is 25.4 Å². The first-order chi connectivity index (χ1) is 13.8. The van der Waals surface area contributed by atoms with Crippen LogP contribution in [0.15, 0.2) is 34.9 Å². The summed E-state index contributed by atoms with van der Waals surface area (Å²) in [6, 6.07) is 9.07. The number of hydrogen-bond acceptors (Lipinski definition) is 6. The Morgan fingerprint density at radius 3 is 2.66 bits per heavy atom. The Morgan fingerprint density at radius 1 is 1.21 bits per heavy atom. The first kappa shape index (κ1) is 20.7. The first-order valence-electron chi connectivity index (χ1n) is 9.00. The van der Waals surface area contributed by atoms with E-state index >= 15 is 0 Å². The number of rotatable bonds is 2. The minimum Gasteiger partial charge on any atom is -0.507 e. The molecule has 0 unspecified atom stereocenters. The first-order valence-corrected chi connectivity index (χ1v) is 9.37. The molecule has 0 saturated heterocycles. The van der Waals surface area contributed by atoms with E-state index in [1.165, 1.54) is 23.3 Å². The van der Waals surface area contributed by atoms with Crippen molar-refractivity contribution in [2.24, 2.45) is 5.73 Å². The van der Waals surface area contributed by atoms with Crippen LogP contribution in [0.4, 0.5) is 0 Å². The maximum absolute atomic E-state index is 10.3. The molecule has 0 radical (unpaired) electrons. The number of fused-ring (bicyclic) bond motifs is 1. The number of aromatic hydroxyl groups is 2. The summed E-state index contributed by atoms with van der Waals surface area (Å²) in [6.07, 6.45) is 1.25. The third-order valence-corrected chi connectivity index (χ3v) is 5.17. The van der Waals surface area contributed by atoms with Gasteiger partial charge in [0, 0.05) is 19.2 Å². The van der Waals surface area contributed by atoms with Crippen molar-refractivity contribution in [2.45, 2.75) is 19.9 Å². The van der Waals surface area contributed by atoms with Crippen molar-refractivity contribution in [1.82, 2.24) is 10.1 Å². The second-order valence-electron chi connectivity index (χ2n) is 6.90. The van der Waals surface area contributed by atoms with Crippen LogP contribution in [0.1, 0.15) is 16.8 Å². The fourth-order valence-corrected chi connectivity index (χ4v) is 3.64. The summed E-state index contributed by atoms with van der Waals surface area (Å²) in [5, 5.41) is 24.2. The lowest BCUT2D eigenvalue weighted by Crippen LogP contribution is -2.26. The summed E-state index contributed by atoms with van der Waals surface area (Å²) < 4.78 is 5.51. The van der Waals surface area contributed by atoms with Gasteiger partial charge in [-0.1, -0.05) is 35.0 Å². The number of benzene rings is 2. The SMILES string of the molecule is Cc1noc(-c2cc(Cl)c(O)cc2O)c1-c1ccc2c(c1)CCN(C)C2.NC=O. The smallest absolute Gasteiger partial charge is 0.204 e. The van der Waals surface area contributed by atoms with Gasteiger partial charge in [-0.2, -0.15) is 0 Å². The normalized spacial score (nSPS) is 13.3. The van der Waals surface area contributed by atoms with Gasteiger partial charge in [-0.05, 0) is 43.1 Å². The summed E-state index contributed by atoms with van der Waals surface area (Å²) in [5.41, 5.74) is 9.76. The lowest BCUT2D eigenvalue weighted by molar-refractivity contribution is -0.106. The van der Waals surface area contributed by atoms with Crippen molar-refractivity contribution >= 4 is 18.0 Å². The number of phenols is 2. The molecule has 0 spiro atoms. The van der Waals surface area contributed by atoms with Crippen molar-refractivity contribution in [1.29, 1.82) is 0 Å². The van der Waals surface area contributed by atoms with E-state index in [9.17, 15) is 10.2 Å². The van der Waals surface area contributed by atoms with Crippen LogP contribution in [0, 0.1) is 6.92 Å². The van der Waals surface area contributed by atoms with Gasteiger partial charge in [0.2, 0.25) is 6.41 Å². The highest BCUT2D eigenvalue weighted by Gasteiger charge is 2.22. The number of nitrogens with two attached hydrogens (primary N) is 1. The zero-order valence-electron chi connectivity index (χ0n) is 16.1. The van der Waals surface area contributed by atoms with Crippen LogP contribution in [-0.2, 0) is 17.8 Å². The van der Waals surface area contributed by atoms with E-state index in [1.54, 1.807) is 0 Å². The molecule has 0 bridgehead atoms. The second kappa shape index (κ2) is 8.55. The molecule has 1 aliphatic rings. The number of nitrogens with zero attached hydrogens (tertiary/aromatic N) is 2. The topological polar surface area (TPSA) is 113 Å². The van der Waals surface area contributed by atoms with E-state index in [0.29, 0.717) is 11.3 Å². The number of likely N-dealkylation sites (N-methyl/N-ethyl adjacent to an activating group) is 1. The average molecular weight is 416 g/mol. The molecule has 4 N–H and O–H groups in total. The van der Waals surface area contributed by atoms with Crippen LogP contribution >= 0.6 is 11.6 Å². The zero-order valence-corrected chi connectivity index (χ0v) is 16.9. The van der Waals surface area contributed by atoms with Gasteiger partial charge in [0.15, 0.2) is 5.76 Å². The summed E-state index contributed by atoms with van der Waals surface area (Å²) >= 11 is 6.02. The van der Waals surface area contributed by atoms with E-state index in [4.69, 9.17) is 20.9 Å². The van der Waals surface area contributed by atoms with Crippen molar-refractivity contribution in [3.8, 4) is 33.9 Å². The van der Waals surface area contributed by atoms with Gasteiger partial charge in [-0.3, -0.25) is 4.79 Å². The Hall–Kier alpha value is -3.03. The lowest BCUT2D eigenvalue weighted by atomic mass is 9.93. The number of aromatic nitrogens is 1. The molecule has 152 valence electrons. The highest BCUT2D eigenvalue weighted by atomic mass is 35.5. The second-order valence-corrected chi connectivity index (χ2v) is 7.31. The highest BCUT2D eigenvalue weighted by molar-refractivity contribution is 6.32. The summed E-state index contributed by atoms with van der Waals surface area (Å²) in [5.74, 6) is 0.155. The number of phenolic OH excluding ortho intramolecular Hbond substituents is 2. The largest absolute Gasteiger partial charge is 0.507 e. The molecule has 4 rings (SSSR count). The van der Waals surface area contributed by atoms with Gasteiger partial charge >= 0.3 is 0 Å². The van der Waals surface area contributed by atoms with Gasteiger partial charge in [0.1, 0.15) is 11.5 Å². The maximum Gasteiger partial charge on any atom is 0.204 e. The van der Waals surface area contributed by atoms with Crippen LogP contribution < -0.4 is 5.73 Å². The molecule has 0 atom stereocenters. The Bertz CT molecular complexity index is 1050. The number of halogens is 1. The minimum absolute atomic E-state index is 0.108. The van der Waals surface area contributed by atoms with Gasteiger partial charge in [0.05, 0.1) is 21.8 Å². The van der Waals surface area contributed by atoms with Gasteiger partial charge in [-0.25, -0.2) is 0 Å². The minimum atomic E-state index is -0.177. The predicted molar refractivity (Wildman–Crippen MR) is 111 cm³/mol. The molecule has 3 aromatic rings. The van der Waals surface area contributed by atoms with Crippen molar-refractivity contribution in [3.05, 3.63) is 52.2 Å². The number of primary amides is 1. The summed E-state index contributed by atoms with van der Waals surface area (Å²) in [7, 11) is 2.12. The number of aryl methyl sites for hydroxylation is 1. The lowest BCUT2D eigenvalue weighted by Gasteiger charge is -2.25. The molecular weight excluding hydrogens is 394 g/mol. The van der Waals surface area contributed by atoms with E-state index in [2.05, 4.69) is 41.0 Å². The number of hydrogen-bond donors (Lipinski definition) is 3. The third kappa shape index (κ3) is 4.21. The summed E-state index contributed by atoms with van der Waals surface area (Å²) in [4.78, 5) is 10.9. The fourth-order valence-electron chi connectivity index (χ4n) is 3.48. The molecule has 29 heavy (non-hydrogen) atoms. The predicted octanol–water partition coefficient (Wildman–Crippen LogP) is 3.47. The molecule has 0 saturated carbocycles. The highest BCUT2D eigenvalue weighted by Crippen LogP contribution is 2.43. The molecular formula is C21H22ClN3O4. The Kier molecular flexibility index (Phi) is 6.10. The number of carbonyl (C=O) groups excluding carboxylic acids is 1. The van der Waals surface area contributed by atoms with Crippen molar-refractivity contribution < 1.29 is 19.5 Å². The molecule has 0 fully saturated rings. The van der Waals surface area contributed by atoms with E-state index in [-0.39, 0.29) is 22.9 Å². The quantitative estimate of drug-likeness (QED) is 0.552. The molecule has 1 amide bonds. The monoisotopic (exact) mass is 415 g/mol. The van der Waals surface area contributed by atoms with Gasteiger partial charge in [-0.15, -0.1) is 0 Å². The molecule has 0 aliphatic carbocycles. The molecule has 2 aromatic carbocycles. The van der Waals surface area contributed by atoms with Crippen molar-refractivity contribution in [2.75, 3.05) is 13.6 Å². The average Bonchev–Trinajstić information content (AvgIpc) is 3.06. The molecule has 2 heterocycles. The fraction of sp³-hybridized carbons (Fsp3) is 0.238. The maximum atomic E-state index is 10.3. The van der Waals surface area contributed by atoms with Crippen LogP contribution in [0.2, 0.25) is 5.02 Å². The zero-order chi connectivity index (χ0) is 21.1. The Balaban J connectivity index is 0.000000755. The van der Waals surface area contributed by atoms with Crippen LogP contribution in [0.3, 0.4) is 0 Å². The van der Waals surface area contributed by atoms with Crippen LogP contribution in [-0.4, -0.2) is 40.3 Å². The van der Waals surface area contributed by atoms with E-state index < -0.39 is 0 Å². The Morgan fingerprint density at radius 2 is 1.93 bits per heavy atom. The van der Waals surface area contributed by atoms with Crippen LogP contribution in [0.5, 0.6) is 11.5 Å². The third-order valence-electron chi connectivity index (χ3n) is 4.87. The molecule has 7 nitrogen and oxygen atoms in total. The van der Waals surface area contributed by atoms with Crippen LogP contribution in [0.25, 0.3) is 22.5 Å². The summed E-state index contributed by atoms with van der Waals surface area (Å²) in [6.45, 7) is 3.84. The molecule has 1 aliphatic heterocycles. The van der Waals surface area contributed by atoms with E-state index in [1.807, 2.05) is 6.92 Å². The van der Waals surface area contributed by atoms with Gasteiger partial charge in [0.25, 0.3) is 0 Å². The number of amides is 1. The standard InChI is InChI=1S/C20H19ClN2O3.CH3NO/c1-11-19(13-3-4-14-10-23(2)6-5-12(14)7-13)20(26-22-11)15-8-16(21)18(25)9-17(15)24;2-1-3/h3-4,7-9,24-25H,5-6,10H2,1-2H3;1H,(H2,2,3). The number of carbonyl (C=O) groups is 1. The molecule has 8 heteroatoms. The molecule has 1 aromatic heterocycles.